The van der Waals surface area contributed by atoms with Crippen LogP contribution in [0.3, 0.4) is 0 Å². The van der Waals surface area contributed by atoms with Crippen LogP contribution in [0, 0.1) is 6.92 Å². The predicted octanol–water partition coefficient (Wildman–Crippen LogP) is 0.277. The molecular weight excluding hydrogens is 336 g/mol. The monoisotopic (exact) mass is 360 g/mol. The molecule has 0 aromatic carbocycles. The van der Waals surface area contributed by atoms with Crippen LogP contribution in [0.1, 0.15) is 18.5 Å². The Morgan fingerprint density at radius 3 is 2.96 bits per heavy atom. The van der Waals surface area contributed by atoms with Gasteiger partial charge in [-0.25, -0.2) is 4.98 Å². The molecule has 0 saturated carbocycles. The van der Waals surface area contributed by atoms with E-state index in [1.807, 2.05) is 17.9 Å². The molecule has 2 fully saturated rings. The fourth-order valence-electron chi connectivity index (χ4n) is 3.47. The average molecular weight is 360 g/mol. The lowest BCUT2D eigenvalue weighted by atomic mass is 10.2. The van der Waals surface area contributed by atoms with Crippen LogP contribution in [0.2, 0.25) is 0 Å². The molecule has 2 aliphatic rings. The highest BCUT2D eigenvalue weighted by Crippen LogP contribution is 2.18. The number of aromatic nitrogens is 4. The molecule has 1 amide bonds. The lowest BCUT2D eigenvalue weighted by Gasteiger charge is -2.36. The summed E-state index contributed by atoms with van der Waals surface area (Å²) in [4.78, 5) is 25.0. The standard InChI is InChI=1S/C17H24N6O3/c1-13-9-15(23-17(20-13)18-12-19-23)21-4-6-22(7-5-21)16(24)11-25-10-14-3-2-8-26-14/h9,12,14H,2-8,10-11H2,1H3. The van der Waals surface area contributed by atoms with E-state index in [0.717, 1.165) is 44.0 Å². The zero-order valence-electron chi connectivity index (χ0n) is 15.0. The lowest BCUT2D eigenvalue weighted by molar-refractivity contribution is -0.137. The van der Waals surface area contributed by atoms with Crippen molar-refractivity contribution in [2.24, 2.45) is 0 Å². The molecule has 0 radical (unpaired) electrons. The number of aryl methyl sites for hydroxylation is 1. The SMILES string of the molecule is Cc1cc(N2CCN(C(=O)COCC3CCCO3)CC2)n2ncnc2n1. The van der Waals surface area contributed by atoms with Crippen LogP contribution in [-0.4, -0.2) is 82.5 Å². The van der Waals surface area contributed by atoms with Gasteiger partial charge in [0.25, 0.3) is 5.78 Å². The molecule has 0 bridgehead atoms. The summed E-state index contributed by atoms with van der Waals surface area (Å²) < 4.78 is 12.8. The second kappa shape index (κ2) is 7.55. The maximum atomic E-state index is 12.3. The Hall–Kier alpha value is -2.26. The minimum atomic E-state index is 0.0412. The normalized spacial score (nSPS) is 20.9. The number of piperazine rings is 1. The zero-order valence-corrected chi connectivity index (χ0v) is 15.0. The molecule has 4 rings (SSSR count). The minimum absolute atomic E-state index is 0.0412. The van der Waals surface area contributed by atoms with Crippen LogP contribution >= 0.6 is 0 Å². The third kappa shape index (κ3) is 3.63. The summed E-state index contributed by atoms with van der Waals surface area (Å²) in [6.45, 7) is 6.21. The van der Waals surface area contributed by atoms with E-state index in [4.69, 9.17) is 9.47 Å². The lowest BCUT2D eigenvalue weighted by Crippen LogP contribution is -2.50. The van der Waals surface area contributed by atoms with Crippen molar-refractivity contribution in [2.75, 3.05) is 50.9 Å². The highest BCUT2D eigenvalue weighted by Gasteiger charge is 2.24. The molecule has 0 N–H and O–H groups in total. The predicted molar refractivity (Wildman–Crippen MR) is 94.1 cm³/mol. The summed E-state index contributed by atoms with van der Waals surface area (Å²) in [5.41, 5.74) is 0.904. The summed E-state index contributed by atoms with van der Waals surface area (Å²) in [6.07, 6.45) is 3.77. The summed E-state index contributed by atoms with van der Waals surface area (Å²) in [6, 6.07) is 2.00. The van der Waals surface area contributed by atoms with Gasteiger partial charge in [-0.1, -0.05) is 0 Å². The molecule has 4 heterocycles. The molecule has 26 heavy (non-hydrogen) atoms. The number of nitrogens with zero attached hydrogens (tertiary/aromatic N) is 6. The molecule has 0 spiro atoms. The molecule has 2 saturated heterocycles. The number of amides is 1. The summed E-state index contributed by atoms with van der Waals surface area (Å²) in [7, 11) is 0. The Morgan fingerprint density at radius 1 is 1.35 bits per heavy atom. The van der Waals surface area contributed by atoms with E-state index in [-0.39, 0.29) is 18.6 Å². The zero-order chi connectivity index (χ0) is 17.9. The third-order valence-electron chi connectivity index (χ3n) is 4.87. The largest absolute Gasteiger partial charge is 0.376 e. The van der Waals surface area contributed by atoms with Gasteiger partial charge in [0.15, 0.2) is 0 Å². The van der Waals surface area contributed by atoms with Gasteiger partial charge in [-0.15, -0.1) is 0 Å². The van der Waals surface area contributed by atoms with Gasteiger partial charge in [0.05, 0.1) is 12.7 Å². The van der Waals surface area contributed by atoms with Crippen molar-refractivity contribution in [3.8, 4) is 0 Å². The van der Waals surface area contributed by atoms with E-state index in [1.54, 1.807) is 4.52 Å². The van der Waals surface area contributed by atoms with Crippen LogP contribution in [-0.2, 0) is 14.3 Å². The number of fused-ring (bicyclic) bond motifs is 1. The van der Waals surface area contributed by atoms with Gasteiger partial charge in [-0.2, -0.15) is 14.6 Å². The second-order valence-electron chi connectivity index (χ2n) is 6.75. The van der Waals surface area contributed by atoms with Gasteiger partial charge in [-0.3, -0.25) is 4.79 Å². The molecule has 2 aromatic rings. The van der Waals surface area contributed by atoms with E-state index in [1.165, 1.54) is 6.33 Å². The molecule has 9 heteroatoms. The number of hydrogen-bond acceptors (Lipinski definition) is 7. The Bertz CT molecular complexity index is 765. The third-order valence-corrected chi connectivity index (χ3v) is 4.87. The Kier molecular flexibility index (Phi) is 4.98. The molecule has 9 nitrogen and oxygen atoms in total. The first-order chi connectivity index (χ1) is 12.7. The first kappa shape index (κ1) is 17.2. The van der Waals surface area contributed by atoms with Crippen molar-refractivity contribution >= 4 is 17.5 Å². The van der Waals surface area contributed by atoms with Crippen LogP contribution in [0.5, 0.6) is 0 Å². The second-order valence-corrected chi connectivity index (χ2v) is 6.75. The van der Waals surface area contributed by atoms with Crippen molar-refractivity contribution in [1.82, 2.24) is 24.5 Å². The topological polar surface area (TPSA) is 85.1 Å². The van der Waals surface area contributed by atoms with Crippen LogP contribution in [0.25, 0.3) is 5.78 Å². The number of carbonyl (C=O) groups is 1. The Labute approximate surface area is 151 Å². The maximum absolute atomic E-state index is 12.3. The molecule has 2 aliphatic heterocycles. The van der Waals surface area contributed by atoms with Gasteiger partial charge in [0.2, 0.25) is 5.91 Å². The van der Waals surface area contributed by atoms with Gasteiger partial charge in [0, 0.05) is 44.5 Å². The number of ether oxygens (including phenoxy) is 2. The fourth-order valence-corrected chi connectivity index (χ4v) is 3.47. The minimum Gasteiger partial charge on any atom is -0.376 e. The van der Waals surface area contributed by atoms with E-state index < -0.39 is 0 Å². The number of hydrogen-bond donors (Lipinski definition) is 0. The highest BCUT2D eigenvalue weighted by atomic mass is 16.5. The number of anilines is 1. The van der Waals surface area contributed by atoms with Gasteiger partial charge in [-0.05, 0) is 19.8 Å². The number of rotatable bonds is 5. The van der Waals surface area contributed by atoms with Crippen LogP contribution < -0.4 is 4.90 Å². The Balaban J connectivity index is 1.30. The van der Waals surface area contributed by atoms with Crippen LogP contribution in [0.15, 0.2) is 12.4 Å². The van der Waals surface area contributed by atoms with Gasteiger partial charge < -0.3 is 19.3 Å². The average Bonchev–Trinajstić information content (AvgIpc) is 3.32. The van der Waals surface area contributed by atoms with E-state index in [9.17, 15) is 4.79 Å². The smallest absolute Gasteiger partial charge is 0.254 e. The van der Waals surface area contributed by atoms with Gasteiger partial charge in [0.1, 0.15) is 18.8 Å². The van der Waals surface area contributed by atoms with Crippen molar-refractivity contribution in [3.63, 3.8) is 0 Å². The molecule has 140 valence electrons. The molecular formula is C17H24N6O3. The summed E-state index contributed by atoms with van der Waals surface area (Å²) in [5, 5.41) is 4.26. The van der Waals surface area contributed by atoms with Crippen LogP contribution in [0.4, 0.5) is 5.82 Å². The number of carbonyl (C=O) groups excluding carboxylic acids is 1. The Morgan fingerprint density at radius 2 is 2.19 bits per heavy atom. The quantitative estimate of drug-likeness (QED) is 0.757. The van der Waals surface area contributed by atoms with E-state index >= 15 is 0 Å². The molecule has 0 aliphatic carbocycles. The van der Waals surface area contributed by atoms with Crippen molar-refractivity contribution in [2.45, 2.75) is 25.9 Å². The first-order valence-corrected chi connectivity index (χ1v) is 9.10. The molecule has 2 aromatic heterocycles. The van der Waals surface area contributed by atoms with Gasteiger partial charge >= 0.3 is 0 Å². The fraction of sp³-hybridized carbons (Fsp3) is 0.647. The summed E-state index contributed by atoms with van der Waals surface area (Å²) >= 11 is 0. The molecule has 1 atom stereocenters. The maximum Gasteiger partial charge on any atom is 0.254 e. The molecule has 1 unspecified atom stereocenters. The van der Waals surface area contributed by atoms with Crippen molar-refractivity contribution in [3.05, 3.63) is 18.1 Å². The first-order valence-electron chi connectivity index (χ1n) is 9.10. The summed E-state index contributed by atoms with van der Waals surface area (Å²) in [5.74, 6) is 1.60. The van der Waals surface area contributed by atoms with Crippen molar-refractivity contribution in [1.29, 1.82) is 0 Å². The van der Waals surface area contributed by atoms with Crippen molar-refractivity contribution < 1.29 is 14.3 Å². The van der Waals surface area contributed by atoms with E-state index in [2.05, 4.69) is 20.0 Å². The van der Waals surface area contributed by atoms with E-state index in [0.29, 0.717) is 25.5 Å². The highest BCUT2D eigenvalue weighted by molar-refractivity contribution is 5.77.